The van der Waals surface area contributed by atoms with Crippen LogP contribution in [-0.2, 0) is 24.7 Å². The SMILES string of the molecule is CCCCCCC1=[C]([Zr])CC=C1.Cl.Cl. The first-order valence-corrected chi connectivity index (χ1v) is 6.17. The van der Waals surface area contributed by atoms with Crippen LogP contribution in [0.5, 0.6) is 0 Å². The van der Waals surface area contributed by atoms with Crippen molar-refractivity contribution in [2.24, 2.45) is 0 Å². The molecule has 0 unspecified atom stereocenters. The largest absolute Gasteiger partial charge is 0.147 e. The van der Waals surface area contributed by atoms with Crippen molar-refractivity contribution >= 4 is 24.8 Å². The van der Waals surface area contributed by atoms with E-state index in [-0.39, 0.29) is 24.8 Å². The van der Waals surface area contributed by atoms with Crippen LogP contribution in [0.15, 0.2) is 21.0 Å². The molecule has 0 spiro atoms. The molecule has 0 fully saturated rings. The first-order chi connectivity index (χ1) is 5.84. The molecule has 0 radical (unpaired) electrons. The molecule has 14 heavy (non-hydrogen) atoms. The Labute approximate surface area is 115 Å². The Hall–Kier alpha value is 0.943. The van der Waals surface area contributed by atoms with E-state index < -0.39 is 0 Å². The maximum absolute atomic E-state index is 2.33. The first kappa shape index (κ1) is 17.3. The summed E-state index contributed by atoms with van der Waals surface area (Å²) >= 11 is 1.62. The topological polar surface area (TPSA) is 0 Å². The molecule has 0 amide bonds. The summed E-state index contributed by atoms with van der Waals surface area (Å²) in [5.41, 5.74) is 1.64. The molecule has 0 heterocycles. The third kappa shape index (κ3) is 6.43. The molecule has 1 aliphatic carbocycles. The van der Waals surface area contributed by atoms with Crippen molar-refractivity contribution in [3.05, 3.63) is 21.0 Å². The minimum Gasteiger partial charge on any atom is -0.147 e. The van der Waals surface area contributed by atoms with E-state index in [2.05, 4.69) is 19.1 Å². The standard InChI is InChI=1S/C11H17.2ClH.Zr/c1-2-3-4-5-8-11-9-6-7-10-11;;;/h6,9H,2-5,7-8H2,1H3;2*1H;. The van der Waals surface area contributed by atoms with Gasteiger partial charge in [0, 0.05) is 0 Å². The average Bonchev–Trinajstić information content (AvgIpc) is 2.46. The molecule has 81 valence electrons. The second kappa shape index (κ2) is 10.5. The van der Waals surface area contributed by atoms with E-state index in [4.69, 9.17) is 0 Å². The summed E-state index contributed by atoms with van der Waals surface area (Å²) in [4.78, 5) is 0. The van der Waals surface area contributed by atoms with Gasteiger partial charge in [-0.25, -0.2) is 0 Å². The van der Waals surface area contributed by atoms with Crippen molar-refractivity contribution in [3.8, 4) is 0 Å². The van der Waals surface area contributed by atoms with Gasteiger partial charge in [0.15, 0.2) is 0 Å². The number of halogens is 2. The summed E-state index contributed by atoms with van der Waals surface area (Å²) in [5.74, 6) is 0. The zero-order valence-corrected chi connectivity index (χ0v) is 12.8. The Bertz CT molecular complexity index is 197. The van der Waals surface area contributed by atoms with Crippen LogP contribution in [0.3, 0.4) is 0 Å². The molecule has 1 aliphatic rings. The van der Waals surface area contributed by atoms with Crippen LogP contribution in [-0.4, -0.2) is 0 Å². The predicted molar refractivity (Wildman–Crippen MR) is 64.0 cm³/mol. The Balaban J connectivity index is 0. The van der Waals surface area contributed by atoms with Crippen LogP contribution in [0.4, 0.5) is 0 Å². The smallest absolute Gasteiger partial charge is 0.147 e. The van der Waals surface area contributed by atoms with Gasteiger partial charge in [0.25, 0.3) is 0 Å². The fourth-order valence-corrected chi connectivity index (χ4v) is 2.33. The molecule has 3 heteroatoms. The van der Waals surface area contributed by atoms with Crippen molar-refractivity contribution in [3.63, 3.8) is 0 Å². The molecular formula is C11H19Cl2Zr. The summed E-state index contributed by atoms with van der Waals surface area (Å²) in [6, 6.07) is 0. The maximum atomic E-state index is 2.33. The molecule has 0 saturated heterocycles. The minimum absolute atomic E-state index is 0. The van der Waals surface area contributed by atoms with Crippen LogP contribution >= 0.6 is 24.8 Å². The fraction of sp³-hybridized carbons (Fsp3) is 0.636. The maximum Gasteiger partial charge on any atom is -0.147 e. The van der Waals surface area contributed by atoms with Crippen LogP contribution in [0, 0.1) is 0 Å². The fourth-order valence-electron chi connectivity index (χ4n) is 1.53. The van der Waals surface area contributed by atoms with Crippen LogP contribution in [0.25, 0.3) is 0 Å². The summed E-state index contributed by atoms with van der Waals surface area (Å²) in [5, 5.41) is 0. The monoisotopic (exact) mass is 311 g/mol. The van der Waals surface area contributed by atoms with Gasteiger partial charge in [-0.1, -0.05) is 0 Å². The van der Waals surface area contributed by atoms with Gasteiger partial charge in [-0.2, -0.15) is 0 Å². The van der Waals surface area contributed by atoms with Crippen molar-refractivity contribution in [2.75, 3.05) is 0 Å². The molecule has 0 bridgehead atoms. The predicted octanol–water partition coefficient (Wildman–Crippen LogP) is 4.56. The normalized spacial score (nSPS) is 13.7. The van der Waals surface area contributed by atoms with Crippen molar-refractivity contribution in [1.82, 2.24) is 0 Å². The molecule has 0 aromatic rings. The zero-order valence-electron chi connectivity index (χ0n) is 8.71. The Kier molecular flexibility index (Phi) is 13.0. The summed E-state index contributed by atoms with van der Waals surface area (Å²) in [7, 11) is 0. The second-order valence-corrected chi connectivity index (χ2v) is 4.90. The molecule has 0 aromatic carbocycles. The van der Waals surface area contributed by atoms with E-state index in [0.29, 0.717) is 0 Å². The average molecular weight is 313 g/mol. The van der Waals surface area contributed by atoms with Gasteiger partial charge in [-0.3, -0.25) is 0 Å². The number of hydrogen-bond acceptors (Lipinski definition) is 0. The number of rotatable bonds is 5. The Morgan fingerprint density at radius 3 is 2.43 bits per heavy atom. The molecule has 0 nitrogen and oxygen atoms in total. The molecule has 1 rings (SSSR count). The van der Waals surface area contributed by atoms with E-state index in [1.54, 1.807) is 33.6 Å². The van der Waals surface area contributed by atoms with Crippen molar-refractivity contribution in [1.29, 1.82) is 0 Å². The summed E-state index contributed by atoms with van der Waals surface area (Å²) in [6.45, 7) is 2.27. The van der Waals surface area contributed by atoms with Gasteiger partial charge < -0.3 is 0 Å². The van der Waals surface area contributed by atoms with Crippen LogP contribution < -0.4 is 0 Å². The van der Waals surface area contributed by atoms with E-state index in [1.165, 1.54) is 38.5 Å². The van der Waals surface area contributed by atoms with Gasteiger partial charge in [-0.15, -0.1) is 24.8 Å². The molecule has 0 atom stereocenters. The van der Waals surface area contributed by atoms with Crippen molar-refractivity contribution in [2.45, 2.75) is 45.4 Å². The second-order valence-electron chi connectivity index (χ2n) is 3.42. The molecule has 0 N–H and O–H groups in total. The van der Waals surface area contributed by atoms with Crippen LogP contribution in [0.2, 0.25) is 0 Å². The zero-order chi connectivity index (χ0) is 8.81. The summed E-state index contributed by atoms with van der Waals surface area (Å²) in [6.07, 6.45) is 12.8. The van der Waals surface area contributed by atoms with E-state index in [0.717, 1.165) is 0 Å². The molecule has 0 aromatic heterocycles. The number of allylic oxidation sites excluding steroid dienone is 4. The number of hydrogen-bond donors (Lipinski definition) is 0. The number of unbranched alkanes of at least 4 members (excludes halogenated alkanes) is 3. The van der Waals surface area contributed by atoms with Gasteiger partial charge in [0.05, 0.1) is 0 Å². The first-order valence-electron chi connectivity index (χ1n) is 4.94. The summed E-state index contributed by atoms with van der Waals surface area (Å²) < 4.78 is 1.68. The molecule has 0 aliphatic heterocycles. The van der Waals surface area contributed by atoms with E-state index in [1.807, 2.05) is 0 Å². The Morgan fingerprint density at radius 2 is 1.93 bits per heavy atom. The van der Waals surface area contributed by atoms with Gasteiger partial charge in [0.1, 0.15) is 0 Å². The van der Waals surface area contributed by atoms with Crippen molar-refractivity contribution < 1.29 is 24.7 Å². The van der Waals surface area contributed by atoms with Gasteiger partial charge in [0.2, 0.25) is 0 Å². The van der Waals surface area contributed by atoms with E-state index in [9.17, 15) is 0 Å². The molecular weight excluding hydrogens is 294 g/mol. The van der Waals surface area contributed by atoms with Gasteiger partial charge >= 0.3 is 91.2 Å². The quantitative estimate of drug-likeness (QED) is 0.653. The molecule has 0 saturated carbocycles. The Morgan fingerprint density at radius 1 is 1.21 bits per heavy atom. The van der Waals surface area contributed by atoms with Gasteiger partial charge in [-0.05, 0) is 0 Å². The van der Waals surface area contributed by atoms with Crippen LogP contribution in [0.1, 0.15) is 45.4 Å². The minimum atomic E-state index is 0. The third-order valence-corrected chi connectivity index (χ3v) is 3.62. The third-order valence-electron chi connectivity index (χ3n) is 2.33. The van der Waals surface area contributed by atoms with E-state index >= 15 is 0 Å².